The zero-order valence-electron chi connectivity index (χ0n) is 12.8. The lowest BCUT2D eigenvalue weighted by molar-refractivity contribution is 0.0160. The van der Waals surface area contributed by atoms with Crippen LogP contribution in [0.25, 0.3) is 0 Å². The van der Waals surface area contributed by atoms with E-state index in [1.165, 1.54) is 0 Å². The van der Waals surface area contributed by atoms with E-state index in [9.17, 15) is 9.90 Å². The Labute approximate surface area is 117 Å². The average molecular weight is 271 g/mol. The van der Waals surface area contributed by atoms with Gasteiger partial charge in [-0.1, -0.05) is 13.3 Å². The van der Waals surface area contributed by atoms with Gasteiger partial charge < -0.3 is 14.7 Å². The number of ether oxygens (including phenoxy) is 1. The summed E-state index contributed by atoms with van der Waals surface area (Å²) in [7, 11) is 0. The van der Waals surface area contributed by atoms with Crippen molar-refractivity contribution in [2.24, 2.45) is 5.92 Å². The molecule has 0 aromatic carbocycles. The zero-order chi connectivity index (χ0) is 14.5. The van der Waals surface area contributed by atoms with E-state index in [0.29, 0.717) is 5.92 Å². The number of aliphatic hydroxyl groups is 1. The lowest BCUT2D eigenvalue weighted by Crippen LogP contribution is -2.42. The van der Waals surface area contributed by atoms with Crippen LogP contribution in [0.3, 0.4) is 0 Å². The number of hydrogen-bond donors (Lipinski definition) is 1. The zero-order valence-corrected chi connectivity index (χ0v) is 12.8. The third-order valence-electron chi connectivity index (χ3n) is 3.49. The SMILES string of the molecule is CCC[C@H](O)CC1CCN(C(=O)OC(C)(C)C)CC1. The molecule has 0 spiro atoms. The van der Waals surface area contributed by atoms with E-state index in [1.54, 1.807) is 4.90 Å². The molecule has 0 radical (unpaired) electrons. The van der Waals surface area contributed by atoms with Crippen molar-refractivity contribution < 1.29 is 14.6 Å². The molecule has 0 saturated carbocycles. The van der Waals surface area contributed by atoms with Crippen molar-refractivity contribution in [1.82, 2.24) is 4.90 Å². The van der Waals surface area contributed by atoms with Gasteiger partial charge in [-0.05, 0) is 52.4 Å². The largest absolute Gasteiger partial charge is 0.444 e. The van der Waals surface area contributed by atoms with E-state index in [1.807, 2.05) is 20.8 Å². The summed E-state index contributed by atoms with van der Waals surface area (Å²) in [5.41, 5.74) is -0.425. The second kappa shape index (κ2) is 7.13. The Hall–Kier alpha value is -0.770. The van der Waals surface area contributed by atoms with Crippen LogP contribution in [0.5, 0.6) is 0 Å². The van der Waals surface area contributed by atoms with Gasteiger partial charge in [-0.2, -0.15) is 0 Å². The minimum absolute atomic E-state index is 0.178. The quantitative estimate of drug-likeness (QED) is 0.854. The molecule has 4 heteroatoms. The Morgan fingerprint density at radius 2 is 1.95 bits per heavy atom. The Balaban J connectivity index is 2.30. The fraction of sp³-hybridized carbons (Fsp3) is 0.933. The van der Waals surface area contributed by atoms with E-state index in [4.69, 9.17) is 4.74 Å². The van der Waals surface area contributed by atoms with E-state index >= 15 is 0 Å². The summed E-state index contributed by atoms with van der Waals surface area (Å²) in [6.07, 6.45) is 4.34. The predicted octanol–water partition coefficient (Wildman–Crippen LogP) is 3.18. The first-order chi connectivity index (χ1) is 8.81. The summed E-state index contributed by atoms with van der Waals surface area (Å²) < 4.78 is 5.37. The molecule has 1 saturated heterocycles. The van der Waals surface area contributed by atoms with Gasteiger partial charge in [-0.15, -0.1) is 0 Å². The van der Waals surface area contributed by atoms with E-state index in [0.717, 1.165) is 45.2 Å². The molecule has 1 amide bonds. The Bertz CT molecular complexity index is 278. The number of rotatable bonds is 4. The highest BCUT2D eigenvalue weighted by atomic mass is 16.6. The molecule has 1 aliphatic heterocycles. The maximum Gasteiger partial charge on any atom is 0.410 e. The van der Waals surface area contributed by atoms with Crippen LogP contribution in [0.4, 0.5) is 4.79 Å². The normalized spacial score (nSPS) is 19.3. The maximum atomic E-state index is 11.9. The van der Waals surface area contributed by atoms with E-state index in [-0.39, 0.29) is 12.2 Å². The van der Waals surface area contributed by atoms with Gasteiger partial charge in [-0.25, -0.2) is 4.79 Å². The van der Waals surface area contributed by atoms with Gasteiger partial charge in [0, 0.05) is 13.1 Å². The second-order valence-corrected chi connectivity index (χ2v) is 6.59. The molecule has 0 aliphatic carbocycles. The van der Waals surface area contributed by atoms with Gasteiger partial charge in [-0.3, -0.25) is 0 Å². The molecule has 112 valence electrons. The lowest BCUT2D eigenvalue weighted by atomic mass is 9.90. The summed E-state index contributed by atoms with van der Waals surface area (Å²) in [6.45, 7) is 9.25. The highest BCUT2D eigenvalue weighted by Crippen LogP contribution is 2.24. The summed E-state index contributed by atoms with van der Waals surface area (Å²) in [6, 6.07) is 0. The maximum absolute atomic E-state index is 11.9. The van der Waals surface area contributed by atoms with Crippen LogP contribution in [0.15, 0.2) is 0 Å². The Morgan fingerprint density at radius 3 is 2.42 bits per heavy atom. The number of carbonyl (C=O) groups excluding carboxylic acids is 1. The first kappa shape index (κ1) is 16.3. The molecule has 1 atom stereocenters. The Morgan fingerprint density at radius 1 is 1.37 bits per heavy atom. The number of carbonyl (C=O) groups is 1. The summed E-state index contributed by atoms with van der Waals surface area (Å²) in [5.74, 6) is 0.542. The van der Waals surface area contributed by atoms with Gasteiger partial charge in [0.05, 0.1) is 6.10 Å². The van der Waals surface area contributed by atoms with Gasteiger partial charge in [0.1, 0.15) is 5.60 Å². The minimum atomic E-state index is -0.425. The number of aliphatic hydroxyl groups excluding tert-OH is 1. The lowest BCUT2D eigenvalue weighted by Gasteiger charge is -2.34. The fourth-order valence-electron chi connectivity index (χ4n) is 2.51. The van der Waals surface area contributed by atoms with Crippen molar-refractivity contribution in [2.75, 3.05) is 13.1 Å². The summed E-state index contributed by atoms with van der Waals surface area (Å²) in [4.78, 5) is 13.7. The molecule has 1 fully saturated rings. The highest BCUT2D eigenvalue weighted by molar-refractivity contribution is 5.68. The van der Waals surface area contributed by atoms with Gasteiger partial charge in [0.25, 0.3) is 0 Å². The number of likely N-dealkylation sites (tertiary alicyclic amines) is 1. The first-order valence-corrected chi connectivity index (χ1v) is 7.47. The molecule has 0 aromatic rings. The predicted molar refractivity (Wildman–Crippen MR) is 76.1 cm³/mol. The third-order valence-corrected chi connectivity index (χ3v) is 3.49. The summed E-state index contributed by atoms with van der Waals surface area (Å²) >= 11 is 0. The second-order valence-electron chi connectivity index (χ2n) is 6.59. The number of hydrogen-bond acceptors (Lipinski definition) is 3. The molecule has 1 heterocycles. The average Bonchev–Trinajstić information content (AvgIpc) is 2.27. The molecular weight excluding hydrogens is 242 g/mol. The molecule has 1 rings (SSSR count). The Kier molecular flexibility index (Phi) is 6.11. The molecule has 19 heavy (non-hydrogen) atoms. The molecule has 4 nitrogen and oxygen atoms in total. The number of nitrogens with zero attached hydrogens (tertiary/aromatic N) is 1. The van der Waals surface area contributed by atoms with Crippen molar-refractivity contribution in [3.63, 3.8) is 0 Å². The van der Waals surface area contributed by atoms with Crippen LogP contribution in [0, 0.1) is 5.92 Å². The van der Waals surface area contributed by atoms with Crippen LogP contribution in [0.1, 0.15) is 59.8 Å². The van der Waals surface area contributed by atoms with Crippen LogP contribution in [-0.4, -0.2) is 40.9 Å². The molecule has 0 bridgehead atoms. The van der Waals surface area contributed by atoms with Crippen molar-refractivity contribution >= 4 is 6.09 Å². The van der Waals surface area contributed by atoms with Crippen LogP contribution < -0.4 is 0 Å². The number of piperidine rings is 1. The van der Waals surface area contributed by atoms with E-state index < -0.39 is 5.60 Å². The smallest absolute Gasteiger partial charge is 0.410 e. The van der Waals surface area contributed by atoms with Crippen molar-refractivity contribution in [1.29, 1.82) is 0 Å². The number of amides is 1. The van der Waals surface area contributed by atoms with Crippen LogP contribution >= 0.6 is 0 Å². The van der Waals surface area contributed by atoms with Crippen LogP contribution in [0.2, 0.25) is 0 Å². The van der Waals surface area contributed by atoms with Crippen molar-refractivity contribution in [3.8, 4) is 0 Å². The molecule has 0 unspecified atom stereocenters. The van der Waals surface area contributed by atoms with E-state index in [2.05, 4.69) is 6.92 Å². The highest BCUT2D eigenvalue weighted by Gasteiger charge is 2.27. The monoisotopic (exact) mass is 271 g/mol. The van der Waals surface area contributed by atoms with Gasteiger partial charge >= 0.3 is 6.09 Å². The summed E-state index contributed by atoms with van der Waals surface area (Å²) in [5, 5.41) is 9.82. The van der Waals surface area contributed by atoms with Gasteiger partial charge in [0.2, 0.25) is 0 Å². The molecule has 1 aliphatic rings. The first-order valence-electron chi connectivity index (χ1n) is 7.47. The standard InChI is InChI=1S/C15H29NO3/c1-5-6-13(17)11-12-7-9-16(10-8-12)14(18)19-15(2,3)4/h12-13,17H,5-11H2,1-4H3/t13-/m0/s1. The third kappa shape index (κ3) is 6.28. The fourth-order valence-corrected chi connectivity index (χ4v) is 2.51. The van der Waals surface area contributed by atoms with Crippen molar-refractivity contribution in [3.05, 3.63) is 0 Å². The van der Waals surface area contributed by atoms with Crippen LogP contribution in [-0.2, 0) is 4.74 Å². The topological polar surface area (TPSA) is 49.8 Å². The van der Waals surface area contributed by atoms with Gasteiger partial charge in [0.15, 0.2) is 0 Å². The molecule has 0 aromatic heterocycles. The molecule has 1 N–H and O–H groups in total. The minimum Gasteiger partial charge on any atom is -0.444 e. The molecular formula is C15H29NO3. The van der Waals surface area contributed by atoms with Crippen molar-refractivity contribution in [2.45, 2.75) is 71.5 Å².